The van der Waals surface area contributed by atoms with Crippen LogP contribution in [0.2, 0.25) is 0 Å². The van der Waals surface area contributed by atoms with Crippen LogP contribution in [0.3, 0.4) is 0 Å². The van der Waals surface area contributed by atoms with Crippen LogP contribution in [0.25, 0.3) is 0 Å². The summed E-state index contributed by atoms with van der Waals surface area (Å²) in [6.45, 7) is 4.09. The third kappa shape index (κ3) is 1.95. The van der Waals surface area contributed by atoms with E-state index in [4.69, 9.17) is 4.74 Å². The number of carbonyl (C=O) groups is 1. The first kappa shape index (κ1) is 12.1. The van der Waals surface area contributed by atoms with Crippen LogP contribution in [-0.4, -0.2) is 34.1 Å². The largest absolute Gasteiger partial charge is 0.479 e. The summed E-state index contributed by atoms with van der Waals surface area (Å²) in [5, 5.41) is 13.4. The Morgan fingerprint density at radius 1 is 1.59 bits per heavy atom. The molecule has 1 aliphatic carbocycles. The highest BCUT2D eigenvalue weighted by atomic mass is 16.5. The zero-order valence-electron chi connectivity index (χ0n) is 10.4. The van der Waals surface area contributed by atoms with Crippen LogP contribution in [0.5, 0.6) is 0 Å². The molecule has 1 aliphatic rings. The molecule has 1 saturated carbocycles. The highest BCUT2D eigenvalue weighted by Gasteiger charge is 2.55. The summed E-state index contributed by atoms with van der Waals surface area (Å²) in [7, 11) is 1.45. The van der Waals surface area contributed by atoms with Gasteiger partial charge in [-0.1, -0.05) is 0 Å². The second-order valence-electron chi connectivity index (χ2n) is 4.91. The van der Waals surface area contributed by atoms with Gasteiger partial charge in [0, 0.05) is 24.8 Å². The Hall–Kier alpha value is -1.36. The van der Waals surface area contributed by atoms with E-state index in [0.717, 1.165) is 18.4 Å². The molecule has 0 spiro atoms. The van der Waals surface area contributed by atoms with Gasteiger partial charge >= 0.3 is 5.97 Å². The van der Waals surface area contributed by atoms with Gasteiger partial charge in [0.1, 0.15) is 0 Å². The quantitative estimate of drug-likeness (QED) is 0.846. The van der Waals surface area contributed by atoms with E-state index in [0.29, 0.717) is 0 Å². The molecule has 5 heteroatoms. The van der Waals surface area contributed by atoms with Gasteiger partial charge in [-0.15, -0.1) is 0 Å². The first-order valence-electron chi connectivity index (χ1n) is 5.81. The molecule has 1 unspecified atom stereocenters. The summed E-state index contributed by atoms with van der Waals surface area (Å²) >= 11 is 0. The van der Waals surface area contributed by atoms with Crippen LogP contribution in [0.4, 0.5) is 0 Å². The molecule has 0 aliphatic heterocycles. The van der Waals surface area contributed by atoms with Crippen LogP contribution in [-0.2, 0) is 14.9 Å². The minimum Gasteiger partial charge on any atom is -0.479 e. The van der Waals surface area contributed by atoms with E-state index in [2.05, 4.69) is 5.10 Å². The number of methoxy groups -OCH3 is 1. The molecule has 0 saturated heterocycles. The predicted octanol–water partition coefficient (Wildman–Crippen LogP) is 1.60. The lowest BCUT2D eigenvalue weighted by Crippen LogP contribution is -2.35. The molecule has 0 bridgehead atoms. The average Bonchev–Trinajstić information content (AvgIpc) is 2.89. The van der Waals surface area contributed by atoms with Gasteiger partial charge in [-0.2, -0.15) is 5.10 Å². The van der Waals surface area contributed by atoms with Crippen molar-refractivity contribution in [3.05, 3.63) is 18.0 Å². The third-order valence-corrected chi connectivity index (χ3v) is 3.46. The average molecular weight is 238 g/mol. The minimum absolute atomic E-state index is 0.283. The standard InChI is InChI=1S/C12H18N2O3/c1-8(2)14-7-9(6-13-14)12(4-5-12)10(17-3)11(15)16/h6-8,10H,4-5H2,1-3H3,(H,15,16). The lowest BCUT2D eigenvalue weighted by atomic mass is 9.92. The molecule has 1 fully saturated rings. The number of nitrogens with zero attached hydrogens (tertiary/aromatic N) is 2. The topological polar surface area (TPSA) is 64.3 Å². The van der Waals surface area contributed by atoms with E-state index >= 15 is 0 Å². The molecule has 1 aromatic heterocycles. The summed E-state index contributed by atoms with van der Waals surface area (Å²) in [6, 6.07) is 0.283. The number of hydrogen-bond donors (Lipinski definition) is 1. The highest BCUT2D eigenvalue weighted by Crippen LogP contribution is 2.52. The molecule has 1 N–H and O–H groups in total. The van der Waals surface area contributed by atoms with Gasteiger partial charge in [-0.3, -0.25) is 4.68 Å². The van der Waals surface area contributed by atoms with Crippen molar-refractivity contribution in [2.45, 2.75) is 44.2 Å². The van der Waals surface area contributed by atoms with Crippen molar-refractivity contribution >= 4 is 5.97 Å². The van der Waals surface area contributed by atoms with Crippen molar-refractivity contribution in [1.29, 1.82) is 0 Å². The van der Waals surface area contributed by atoms with Gasteiger partial charge in [0.25, 0.3) is 0 Å². The molecule has 1 atom stereocenters. The fraction of sp³-hybridized carbons (Fsp3) is 0.667. The molecule has 0 aromatic carbocycles. The Labute approximate surface area is 100 Å². The van der Waals surface area contributed by atoms with Crippen molar-refractivity contribution in [2.24, 2.45) is 0 Å². The Morgan fingerprint density at radius 2 is 2.24 bits per heavy atom. The lowest BCUT2D eigenvalue weighted by molar-refractivity contribution is -0.150. The van der Waals surface area contributed by atoms with Gasteiger partial charge in [0.05, 0.1) is 6.20 Å². The second-order valence-corrected chi connectivity index (χ2v) is 4.91. The molecule has 2 rings (SSSR count). The molecule has 1 aromatic rings. The minimum atomic E-state index is -0.901. The van der Waals surface area contributed by atoms with Gasteiger partial charge in [0.2, 0.25) is 0 Å². The fourth-order valence-electron chi connectivity index (χ4n) is 2.28. The maximum atomic E-state index is 11.2. The molecule has 0 amide bonds. The van der Waals surface area contributed by atoms with Crippen LogP contribution >= 0.6 is 0 Å². The van der Waals surface area contributed by atoms with E-state index in [1.54, 1.807) is 6.20 Å². The maximum Gasteiger partial charge on any atom is 0.333 e. The van der Waals surface area contributed by atoms with Crippen molar-refractivity contribution in [3.63, 3.8) is 0 Å². The van der Waals surface area contributed by atoms with Crippen molar-refractivity contribution < 1.29 is 14.6 Å². The van der Waals surface area contributed by atoms with Gasteiger partial charge in [-0.25, -0.2) is 4.79 Å². The summed E-state index contributed by atoms with van der Waals surface area (Å²) in [5.74, 6) is -0.901. The SMILES string of the molecule is COC(C(=O)O)C1(c2cnn(C(C)C)c2)CC1. The molecule has 1 heterocycles. The number of aromatic nitrogens is 2. The van der Waals surface area contributed by atoms with Crippen LogP contribution in [0, 0.1) is 0 Å². The van der Waals surface area contributed by atoms with E-state index < -0.39 is 12.1 Å². The van der Waals surface area contributed by atoms with E-state index in [-0.39, 0.29) is 11.5 Å². The lowest BCUT2D eigenvalue weighted by Gasteiger charge is -2.20. The molecule has 17 heavy (non-hydrogen) atoms. The maximum absolute atomic E-state index is 11.2. The fourth-order valence-corrected chi connectivity index (χ4v) is 2.28. The number of ether oxygens (including phenoxy) is 1. The summed E-state index contributed by atoms with van der Waals surface area (Å²) < 4.78 is 6.98. The zero-order chi connectivity index (χ0) is 12.6. The Kier molecular flexibility index (Phi) is 2.95. The zero-order valence-corrected chi connectivity index (χ0v) is 10.4. The van der Waals surface area contributed by atoms with E-state index in [1.807, 2.05) is 24.7 Å². The molecule has 0 radical (unpaired) electrons. The van der Waals surface area contributed by atoms with Gasteiger partial charge < -0.3 is 9.84 Å². The Balaban J connectivity index is 2.28. The monoisotopic (exact) mass is 238 g/mol. The number of carboxylic acids is 1. The second kappa shape index (κ2) is 4.14. The smallest absolute Gasteiger partial charge is 0.333 e. The van der Waals surface area contributed by atoms with Gasteiger partial charge in [0.15, 0.2) is 6.10 Å². The van der Waals surface area contributed by atoms with Crippen LogP contribution < -0.4 is 0 Å². The first-order valence-corrected chi connectivity index (χ1v) is 5.81. The first-order chi connectivity index (χ1) is 8.01. The van der Waals surface area contributed by atoms with E-state index in [1.165, 1.54) is 7.11 Å². The number of rotatable bonds is 5. The highest BCUT2D eigenvalue weighted by molar-refractivity contribution is 5.76. The van der Waals surface area contributed by atoms with Gasteiger partial charge in [-0.05, 0) is 32.3 Å². The summed E-state index contributed by atoms with van der Waals surface area (Å²) in [4.78, 5) is 11.2. The van der Waals surface area contributed by atoms with Crippen LogP contribution in [0.15, 0.2) is 12.4 Å². The molecule has 94 valence electrons. The van der Waals surface area contributed by atoms with E-state index in [9.17, 15) is 9.90 Å². The number of aliphatic carboxylic acids is 1. The van der Waals surface area contributed by atoms with Crippen molar-refractivity contribution in [2.75, 3.05) is 7.11 Å². The third-order valence-electron chi connectivity index (χ3n) is 3.46. The van der Waals surface area contributed by atoms with Crippen molar-refractivity contribution in [3.8, 4) is 0 Å². The van der Waals surface area contributed by atoms with Crippen LogP contribution in [0.1, 0.15) is 38.3 Å². The van der Waals surface area contributed by atoms with Crippen molar-refractivity contribution in [1.82, 2.24) is 9.78 Å². The number of hydrogen-bond acceptors (Lipinski definition) is 3. The molecular weight excluding hydrogens is 220 g/mol. The molecule has 5 nitrogen and oxygen atoms in total. The predicted molar refractivity (Wildman–Crippen MR) is 62.0 cm³/mol. The Bertz CT molecular complexity index is 421. The summed E-state index contributed by atoms with van der Waals surface area (Å²) in [5.41, 5.74) is 0.605. The normalized spacial score (nSPS) is 19.3. The molecular formula is C12H18N2O3. The summed E-state index contributed by atoms with van der Waals surface area (Å²) in [6.07, 6.45) is 4.63. The Morgan fingerprint density at radius 3 is 2.59 bits per heavy atom. The number of carboxylic acid groups (broad SMARTS) is 1.